The molecule has 2 aromatic carbocycles. The Bertz CT molecular complexity index is 1220. The number of carbonyl (C=O) groups is 1. The molecule has 0 aliphatic rings. The lowest BCUT2D eigenvalue weighted by molar-refractivity contribution is 0.0961. The van der Waals surface area contributed by atoms with Gasteiger partial charge < -0.3 is 4.57 Å². The lowest BCUT2D eigenvalue weighted by Crippen LogP contribution is -2.14. The van der Waals surface area contributed by atoms with Crippen LogP contribution in [0.2, 0.25) is 0 Å². The molecule has 0 unspecified atom stereocenters. The van der Waals surface area contributed by atoms with E-state index in [1.807, 2.05) is 19.9 Å². The summed E-state index contributed by atoms with van der Waals surface area (Å²) in [6.07, 6.45) is 0. The molecule has 30 heavy (non-hydrogen) atoms. The molecule has 0 saturated carbocycles. The largest absolute Gasteiger partial charge is 0.318 e. The molecule has 152 valence electrons. The zero-order chi connectivity index (χ0) is 21.4. The van der Waals surface area contributed by atoms with E-state index in [2.05, 4.69) is 52.0 Å². The third-order valence-electron chi connectivity index (χ3n) is 5.04. The number of tetrazole rings is 1. The van der Waals surface area contributed by atoms with E-state index >= 15 is 0 Å². The van der Waals surface area contributed by atoms with Gasteiger partial charge in [0, 0.05) is 28.2 Å². The first-order valence-corrected chi connectivity index (χ1v) is 9.66. The summed E-state index contributed by atoms with van der Waals surface area (Å²) in [5.41, 5.74) is 6.52. The Morgan fingerprint density at radius 1 is 0.967 bits per heavy atom. The Hall–Kier alpha value is -3.61. The lowest BCUT2D eigenvalue weighted by atomic mass is 10.1. The zero-order valence-corrected chi connectivity index (χ0v) is 17.3. The van der Waals surface area contributed by atoms with Gasteiger partial charge in [0.15, 0.2) is 5.78 Å². The molecule has 0 saturated heterocycles. The number of halogens is 1. The minimum Gasteiger partial charge on any atom is -0.318 e. The van der Waals surface area contributed by atoms with Gasteiger partial charge in [0.25, 0.3) is 0 Å². The summed E-state index contributed by atoms with van der Waals surface area (Å²) in [5.74, 6) is -0.0780. The van der Waals surface area contributed by atoms with Crippen LogP contribution >= 0.6 is 0 Å². The van der Waals surface area contributed by atoms with Crippen molar-refractivity contribution in [2.75, 3.05) is 0 Å². The molecule has 0 atom stereocenters. The summed E-state index contributed by atoms with van der Waals surface area (Å²) in [4.78, 5) is 14.2. The third kappa shape index (κ3) is 3.78. The van der Waals surface area contributed by atoms with E-state index in [4.69, 9.17) is 0 Å². The fourth-order valence-electron chi connectivity index (χ4n) is 3.76. The van der Waals surface area contributed by atoms with Crippen molar-refractivity contribution in [3.63, 3.8) is 0 Å². The Morgan fingerprint density at radius 2 is 1.63 bits per heavy atom. The van der Waals surface area contributed by atoms with Crippen LogP contribution in [0.15, 0.2) is 48.5 Å². The molecule has 7 heteroatoms. The molecule has 0 radical (unpaired) electrons. The summed E-state index contributed by atoms with van der Waals surface area (Å²) in [5, 5.41) is 12.2. The maximum Gasteiger partial charge on any atom is 0.204 e. The van der Waals surface area contributed by atoms with Crippen LogP contribution in [0.5, 0.6) is 0 Å². The smallest absolute Gasteiger partial charge is 0.204 e. The van der Waals surface area contributed by atoms with Crippen molar-refractivity contribution in [3.8, 4) is 17.1 Å². The summed E-state index contributed by atoms with van der Waals surface area (Å²) in [6.45, 7) is 8.03. The van der Waals surface area contributed by atoms with Gasteiger partial charge in [-0.05, 0) is 86.5 Å². The van der Waals surface area contributed by atoms with Crippen LogP contribution in [0.4, 0.5) is 4.39 Å². The van der Waals surface area contributed by atoms with Gasteiger partial charge in [-0.2, -0.15) is 4.80 Å². The quantitative estimate of drug-likeness (QED) is 0.464. The maximum absolute atomic E-state index is 13.1. The van der Waals surface area contributed by atoms with Crippen molar-refractivity contribution in [1.29, 1.82) is 0 Å². The second kappa shape index (κ2) is 7.67. The summed E-state index contributed by atoms with van der Waals surface area (Å²) >= 11 is 0. The van der Waals surface area contributed by atoms with Gasteiger partial charge in [0.1, 0.15) is 12.4 Å². The van der Waals surface area contributed by atoms with Crippen LogP contribution in [-0.2, 0) is 6.54 Å². The second-order valence-electron chi connectivity index (χ2n) is 7.54. The number of aryl methyl sites for hydroxylation is 3. The van der Waals surface area contributed by atoms with E-state index in [0.29, 0.717) is 17.0 Å². The summed E-state index contributed by atoms with van der Waals surface area (Å²) in [7, 11) is 0. The highest BCUT2D eigenvalue weighted by atomic mass is 19.1. The predicted octanol–water partition coefficient (Wildman–Crippen LogP) is 4.39. The van der Waals surface area contributed by atoms with E-state index in [1.54, 1.807) is 12.1 Å². The standard InChI is InChI=1S/C23H22FN5O/c1-14-9-15(2)11-20(10-14)29-16(3)12-21(17(29)4)22(30)13-28-26-23(25-27-28)18-5-7-19(24)8-6-18/h5-12H,13H2,1-4H3. The topological polar surface area (TPSA) is 65.6 Å². The van der Waals surface area contributed by atoms with Crippen molar-refractivity contribution in [3.05, 3.63) is 82.4 Å². The lowest BCUT2D eigenvalue weighted by Gasteiger charge is -2.12. The first-order valence-electron chi connectivity index (χ1n) is 9.66. The van der Waals surface area contributed by atoms with Gasteiger partial charge >= 0.3 is 0 Å². The van der Waals surface area contributed by atoms with Gasteiger partial charge in [0.2, 0.25) is 5.82 Å². The minimum absolute atomic E-state index is 0.0225. The van der Waals surface area contributed by atoms with Gasteiger partial charge in [-0.3, -0.25) is 4.79 Å². The zero-order valence-electron chi connectivity index (χ0n) is 17.3. The molecule has 0 spiro atoms. The average Bonchev–Trinajstić information content (AvgIpc) is 3.25. The number of Topliss-reactive ketones (excluding diaryl/α,β-unsaturated/α-hetero) is 1. The van der Waals surface area contributed by atoms with Crippen LogP contribution in [0.1, 0.15) is 32.9 Å². The number of aromatic nitrogens is 5. The average molecular weight is 403 g/mol. The van der Waals surface area contributed by atoms with E-state index in [0.717, 1.165) is 17.1 Å². The van der Waals surface area contributed by atoms with Crippen molar-refractivity contribution < 1.29 is 9.18 Å². The summed E-state index contributed by atoms with van der Waals surface area (Å²) in [6, 6.07) is 14.1. The molecule has 2 heterocycles. The Kier molecular flexibility index (Phi) is 5.03. The fraction of sp³-hybridized carbons (Fsp3) is 0.217. The normalized spacial score (nSPS) is 11.1. The van der Waals surface area contributed by atoms with Crippen molar-refractivity contribution >= 4 is 5.78 Å². The van der Waals surface area contributed by atoms with E-state index < -0.39 is 0 Å². The Balaban J connectivity index is 1.60. The fourth-order valence-corrected chi connectivity index (χ4v) is 3.76. The molecular weight excluding hydrogens is 381 g/mol. The van der Waals surface area contributed by atoms with Crippen LogP contribution in [-0.4, -0.2) is 30.6 Å². The number of ketones is 1. The van der Waals surface area contributed by atoms with E-state index in [1.165, 1.54) is 28.1 Å². The van der Waals surface area contributed by atoms with Gasteiger partial charge in [-0.1, -0.05) is 6.07 Å². The molecule has 0 N–H and O–H groups in total. The molecule has 0 fully saturated rings. The van der Waals surface area contributed by atoms with Crippen molar-refractivity contribution in [2.45, 2.75) is 34.2 Å². The number of hydrogen-bond acceptors (Lipinski definition) is 4. The molecule has 0 aliphatic heterocycles. The predicted molar refractivity (Wildman–Crippen MR) is 112 cm³/mol. The highest BCUT2D eigenvalue weighted by Gasteiger charge is 2.19. The number of carbonyl (C=O) groups excluding carboxylic acids is 1. The highest BCUT2D eigenvalue weighted by molar-refractivity contribution is 5.97. The van der Waals surface area contributed by atoms with Crippen LogP contribution in [0.25, 0.3) is 17.1 Å². The molecule has 0 aliphatic carbocycles. The second-order valence-corrected chi connectivity index (χ2v) is 7.54. The number of nitrogens with zero attached hydrogens (tertiary/aromatic N) is 5. The SMILES string of the molecule is Cc1cc(C)cc(-n2c(C)cc(C(=O)Cn3nnc(-c4ccc(F)cc4)n3)c2C)c1. The van der Waals surface area contributed by atoms with Crippen molar-refractivity contribution in [2.24, 2.45) is 0 Å². The van der Waals surface area contributed by atoms with E-state index in [-0.39, 0.29) is 18.1 Å². The molecule has 4 aromatic rings. The van der Waals surface area contributed by atoms with Crippen LogP contribution < -0.4 is 0 Å². The molecular formula is C23H22FN5O. The number of rotatable bonds is 5. The molecule has 0 amide bonds. The third-order valence-corrected chi connectivity index (χ3v) is 5.04. The van der Waals surface area contributed by atoms with Crippen LogP contribution in [0, 0.1) is 33.5 Å². The Labute approximate surface area is 174 Å². The first-order chi connectivity index (χ1) is 14.3. The molecule has 0 bridgehead atoms. The van der Waals surface area contributed by atoms with Gasteiger partial charge in [-0.15, -0.1) is 10.2 Å². The monoisotopic (exact) mass is 403 g/mol. The van der Waals surface area contributed by atoms with Gasteiger partial charge in [-0.25, -0.2) is 4.39 Å². The maximum atomic E-state index is 13.1. The number of hydrogen-bond donors (Lipinski definition) is 0. The van der Waals surface area contributed by atoms with Gasteiger partial charge in [0.05, 0.1) is 0 Å². The molecule has 4 rings (SSSR count). The molecule has 2 aromatic heterocycles. The summed E-state index contributed by atoms with van der Waals surface area (Å²) < 4.78 is 15.2. The van der Waals surface area contributed by atoms with E-state index in [9.17, 15) is 9.18 Å². The highest BCUT2D eigenvalue weighted by Crippen LogP contribution is 2.23. The Morgan fingerprint density at radius 3 is 2.30 bits per heavy atom. The minimum atomic E-state index is -0.333. The molecule has 6 nitrogen and oxygen atoms in total. The first kappa shape index (κ1) is 19.7. The van der Waals surface area contributed by atoms with Crippen molar-refractivity contribution in [1.82, 2.24) is 24.8 Å². The van der Waals surface area contributed by atoms with Crippen LogP contribution in [0.3, 0.4) is 0 Å². The number of benzene rings is 2.